The van der Waals surface area contributed by atoms with Crippen LogP contribution in [0.15, 0.2) is 156 Å². The highest BCUT2D eigenvalue weighted by atomic mass is 32.1. The highest BCUT2D eigenvalue weighted by Crippen LogP contribution is 2.44. The lowest BCUT2D eigenvalue weighted by molar-refractivity contribution is 0.639. The molecule has 0 saturated heterocycles. The summed E-state index contributed by atoms with van der Waals surface area (Å²) in [7, 11) is -9.91. The Morgan fingerprint density at radius 3 is 0.635 bits per heavy atom. The fourth-order valence-corrected chi connectivity index (χ4v) is 34.5. The van der Waals surface area contributed by atoms with E-state index in [0.717, 1.165) is 79.7 Å². The first-order valence-electron chi connectivity index (χ1n) is 43.2. The third kappa shape index (κ3) is 17.1. The van der Waals surface area contributed by atoms with E-state index in [0.29, 0.717) is 10.8 Å². The Morgan fingerprint density at radius 1 is 0.209 bits per heavy atom. The van der Waals surface area contributed by atoms with Crippen molar-refractivity contribution in [3.63, 3.8) is 0 Å². The van der Waals surface area contributed by atoms with Crippen LogP contribution in [0, 0.1) is 80.4 Å². The SMILES string of the molecule is CC[Si](C#Cc1c2cc3cccc(F)c3cc2c(C#C[Si](CC)(CC)CC)c2cc3cccc(F)c3cc12)(CC)CC.CC[Si](C#Cc1c2cc3ccsc3cc2c(C#C[Si](CC)(CC)CC)c2cc3ccsc3cc12)(CC)CC.CC[Si](C#Cc1c2ccccc2c(C#C[Si](CC)(CC)CC)c2cc3sccc3cc12)(CC)CC. The molecule has 0 fully saturated rings. The lowest BCUT2D eigenvalue weighted by Gasteiger charge is -2.21. The van der Waals surface area contributed by atoms with Crippen molar-refractivity contribution in [2.45, 2.75) is 233 Å². The summed E-state index contributed by atoms with van der Waals surface area (Å²) in [6.45, 7) is 41.6. The van der Waals surface area contributed by atoms with Gasteiger partial charge < -0.3 is 0 Å². The maximum atomic E-state index is 15.2. The van der Waals surface area contributed by atoms with Crippen LogP contribution >= 0.6 is 34.0 Å². The van der Waals surface area contributed by atoms with E-state index in [-0.39, 0.29) is 11.6 Å². The molecule has 0 radical (unpaired) electrons. The van der Waals surface area contributed by atoms with Gasteiger partial charge in [-0.1, -0.05) is 209 Å². The fourth-order valence-electron chi connectivity index (χ4n) is 17.5. The molecule has 0 nitrogen and oxygen atoms in total. The standard InChI is InChI=1S/C38H40F2Si2.C34H38S2Si2.C32H38SSi2/c1-7-41(8-2,9-3)21-19-29-33-23-27-15-13-18-38(40)32(27)26-36(33)30(20-22-42(10-4,11-5)12-6)34-24-28-16-14-17-37(39)31(28)25-35(29)34;1-7-37(8-2,9-3)19-15-27-29-21-25-13-17-36-34(25)24-32(29)28(16-20-38(10-4,11-5)12-6)30-22-26-14-18-35-33(26)23-31(27)30;1-7-34(8-2,9-3)21-18-28-26-15-13-14-16-27(26)29(19-22-35(10-4,11-5)12-6)31-24-32-25(17-20-33-32)23-30(28)31/h13-18,23-26H,7-12H2,1-6H3;13-14,17-18,21-24H,7-12H2,1-6H3;13-17,20,23-24H,7-12H2,1-6H3. The second-order valence-corrected chi connectivity index (χ2v) is 64.6. The van der Waals surface area contributed by atoms with Crippen LogP contribution in [0.25, 0.3) is 116 Å². The lowest BCUT2D eigenvalue weighted by Crippen LogP contribution is -2.29. The van der Waals surface area contributed by atoms with E-state index in [2.05, 4.69) is 301 Å². The Morgan fingerprint density at radius 2 is 0.409 bits per heavy atom. The summed E-state index contributed by atoms with van der Waals surface area (Å²) < 4.78 is 34.4. The van der Waals surface area contributed by atoms with Gasteiger partial charge in [0.1, 0.15) is 60.1 Å². The molecule has 115 heavy (non-hydrogen) atoms. The van der Waals surface area contributed by atoms with Gasteiger partial charge in [-0.25, -0.2) is 8.78 Å². The number of halogens is 2. The van der Waals surface area contributed by atoms with Crippen molar-refractivity contribution >= 4 is 199 Å². The molecule has 11 heteroatoms. The van der Waals surface area contributed by atoms with Gasteiger partial charge in [-0.05, 0) is 291 Å². The first-order valence-corrected chi connectivity index (χ1v) is 61.6. The highest BCUT2D eigenvalue weighted by molar-refractivity contribution is 7.18. The Labute approximate surface area is 704 Å². The number of fused-ring (bicyclic) bond motifs is 11. The highest BCUT2D eigenvalue weighted by Gasteiger charge is 2.31. The maximum absolute atomic E-state index is 15.2. The summed E-state index contributed by atoms with van der Waals surface area (Å²) in [4.78, 5) is 0. The monoisotopic (exact) mass is 1670 g/mol. The van der Waals surface area contributed by atoms with E-state index in [9.17, 15) is 0 Å². The van der Waals surface area contributed by atoms with Crippen molar-refractivity contribution in [1.29, 1.82) is 0 Å². The molecular weight excluding hydrogens is 1550 g/mol. The topological polar surface area (TPSA) is 0 Å². The number of benzene rings is 11. The first kappa shape index (κ1) is 86.2. The Kier molecular flexibility index (Phi) is 27.9. The van der Waals surface area contributed by atoms with E-state index < -0.39 is 48.4 Å². The molecule has 0 aliphatic heterocycles. The molecule has 0 atom stereocenters. The first-order chi connectivity index (χ1) is 55.7. The average molecular weight is 1670 g/mol. The van der Waals surface area contributed by atoms with Crippen molar-refractivity contribution < 1.29 is 8.78 Å². The van der Waals surface area contributed by atoms with Gasteiger partial charge >= 0.3 is 0 Å². The Bertz CT molecular complexity index is 5890. The zero-order valence-electron chi connectivity index (χ0n) is 71.7. The number of hydrogen-bond acceptors (Lipinski definition) is 3. The van der Waals surface area contributed by atoms with Gasteiger partial charge in [0, 0.05) is 74.4 Å². The molecule has 0 spiro atoms. The summed E-state index contributed by atoms with van der Waals surface area (Å²) in [5.41, 5.74) is 29.9. The molecule has 0 saturated carbocycles. The normalized spacial score (nSPS) is 12.0. The summed E-state index contributed by atoms with van der Waals surface area (Å²) in [5.74, 6) is 22.2. The summed E-state index contributed by atoms with van der Waals surface area (Å²) in [6, 6.07) is 69.7. The molecule has 11 aromatic carbocycles. The van der Waals surface area contributed by atoms with E-state index in [1.54, 1.807) is 12.1 Å². The summed E-state index contributed by atoms with van der Waals surface area (Å²) in [6.07, 6.45) is 0. The fraction of sp³-hybridized carbons (Fsp3) is 0.346. The van der Waals surface area contributed by atoms with Crippen LogP contribution in [-0.4, -0.2) is 48.4 Å². The van der Waals surface area contributed by atoms with Gasteiger partial charge in [0.2, 0.25) is 0 Å². The minimum atomic E-state index is -1.79. The summed E-state index contributed by atoms with van der Waals surface area (Å²) >= 11 is 5.47. The number of rotatable bonds is 18. The maximum Gasteiger partial charge on any atom is 0.138 e. The average Bonchev–Trinajstić information content (AvgIpc) is 1.55. The van der Waals surface area contributed by atoms with Crippen LogP contribution < -0.4 is 0 Å². The summed E-state index contributed by atoms with van der Waals surface area (Å²) in [5, 5.41) is 27.4. The third-order valence-electron chi connectivity index (χ3n) is 27.8. The van der Waals surface area contributed by atoms with Crippen LogP contribution in [0.2, 0.25) is 109 Å². The van der Waals surface area contributed by atoms with Crippen LogP contribution in [0.5, 0.6) is 0 Å². The molecule has 0 amide bonds. The van der Waals surface area contributed by atoms with Crippen molar-refractivity contribution in [3.8, 4) is 68.8 Å². The van der Waals surface area contributed by atoms with E-state index in [4.69, 9.17) is 0 Å². The van der Waals surface area contributed by atoms with Gasteiger partial charge in [0.25, 0.3) is 0 Å². The van der Waals surface area contributed by atoms with Crippen molar-refractivity contribution in [2.24, 2.45) is 0 Å². The smallest absolute Gasteiger partial charge is 0.138 e. The molecule has 0 bridgehead atoms. The molecule has 0 aliphatic rings. The zero-order valence-corrected chi connectivity index (χ0v) is 80.2. The van der Waals surface area contributed by atoms with Gasteiger partial charge in [-0.15, -0.1) is 67.3 Å². The Hall–Kier alpha value is -8.10. The van der Waals surface area contributed by atoms with Crippen molar-refractivity contribution in [3.05, 3.63) is 201 Å². The molecule has 0 aliphatic carbocycles. The second-order valence-electron chi connectivity index (χ2n) is 32.1. The molecule has 588 valence electrons. The van der Waals surface area contributed by atoms with Crippen LogP contribution in [0.3, 0.4) is 0 Å². The molecule has 0 unspecified atom stereocenters. The molecule has 14 aromatic rings. The van der Waals surface area contributed by atoms with Crippen molar-refractivity contribution in [1.82, 2.24) is 0 Å². The lowest BCUT2D eigenvalue weighted by atomic mass is 9.89. The van der Waals surface area contributed by atoms with Crippen LogP contribution in [0.1, 0.15) is 158 Å². The van der Waals surface area contributed by atoms with Crippen LogP contribution in [0.4, 0.5) is 8.78 Å². The zero-order chi connectivity index (χ0) is 82.0. The second kappa shape index (κ2) is 37.2. The van der Waals surface area contributed by atoms with Gasteiger partial charge in [-0.2, -0.15) is 0 Å². The molecule has 3 heterocycles. The Balaban J connectivity index is 0.000000160. The number of thiophene rings is 3. The van der Waals surface area contributed by atoms with Gasteiger partial charge in [-0.3, -0.25) is 0 Å². The van der Waals surface area contributed by atoms with E-state index in [1.807, 2.05) is 58.3 Å². The molecule has 0 N–H and O–H groups in total. The van der Waals surface area contributed by atoms with Crippen molar-refractivity contribution in [2.75, 3.05) is 0 Å². The van der Waals surface area contributed by atoms with Crippen LogP contribution in [-0.2, 0) is 0 Å². The quantitative estimate of drug-likeness (QED) is 0.0456. The van der Waals surface area contributed by atoms with E-state index >= 15 is 8.78 Å². The molecular formula is C104H116F2S3Si6. The largest absolute Gasteiger partial charge is 0.206 e. The van der Waals surface area contributed by atoms with E-state index in [1.165, 1.54) is 180 Å². The predicted octanol–water partition coefficient (Wildman–Crippen LogP) is 32.6. The minimum absolute atomic E-state index is 0.240. The predicted molar refractivity (Wildman–Crippen MR) is 530 cm³/mol. The molecule has 3 aromatic heterocycles. The molecule has 14 rings (SSSR count). The van der Waals surface area contributed by atoms with Gasteiger partial charge in [0.05, 0.1) is 0 Å². The number of hydrogen-bond donors (Lipinski definition) is 0. The third-order valence-corrected chi connectivity index (χ3v) is 58.7. The minimum Gasteiger partial charge on any atom is -0.206 e. The van der Waals surface area contributed by atoms with Gasteiger partial charge in [0.15, 0.2) is 0 Å².